The van der Waals surface area contributed by atoms with Gasteiger partial charge in [-0.3, -0.25) is 9.89 Å². The van der Waals surface area contributed by atoms with Crippen LogP contribution in [0.4, 0.5) is 4.39 Å². The lowest BCUT2D eigenvalue weighted by Gasteiger charge is -2.29. The first kappa shape index (κ1) is 21.8. The van der Waals surface area contributed by atoms with E-state index in [-0.39, 0.29) is 17.3 Å². The van der Waals surface area contributed by atoms with E-state index in [4.69, 9.17) is 0 Å². The van der Waals surface area contributed by atoms with E-state index in [9.17, 15) is 9.50 Å². The summed E-state index contributed by atoms with van der Waals surface area (Å²) in [4.78, 5) is 6.72. The van der Waals surface area contributed by atoms with Crippen LogP contribution in [0.25, 0.3) is 0 Å². The summed E-state index contributed by atoms with van der Waals surface area (Å²) in [5.74, 6) is 0.615. The maximum atomic E-state index is 14.2. The summed E-state index contributed by atoms with van der Waals surface area (Å²) < 4.78 is 14.2. The van der Waals surface area contributed by atoms with Crippen molar-refractivity contribution >= 4 is 5.96 Å². The Hall–Kier alpha value is -2.44. The van der Waals surface area contributed by atoms with E-state index in [1.807, 2.05) is 12.1 Å². The molecule has 166 valence electrons. The van der Waals surface area contributed by atoms with Crippen LogP contribution < -0.4 is 10.6 Å². The van der Waals surface area contributed by atoms with Crippen LogP contribution in [-0.4, -0.2) is 48.8 Å². The number of benzene rings is 2. The van der Waals surface area contributed by atoms with Crippen molar-refractivity contribution in [1.82, 2.24) is 15.5 Å². The number of aliphatic hydroxyl groups excluding tert-OH is 1. The quantitative estimate of drug-likeness (QED) is 0.472. The molecule has 3 N–H and O–H groups in total. The Morgan fingerprint density at radius 3 is 2.39 bits per heavy atom. The molecule has 0 aromatic heterocycles. The van der Waals surface area contributed by atoms with Crippen molar-refractivity contribution in [3.05, 3.63) is 71.0 Å². The number of likely N-dealkylation sites (tertiary alicyclic amines) is 1. The molecule has 1 saturated carbocycles. The van der Waals surface area contributed by atoms with Crippen molar-refractivity contribution in [3.8, 4) is 0 Å². The van der Waals surface area contributed by atoms with Crippen molar-refractivity contribution in [3.63, 3.8) is 0 Å². The van der Waals surface area contributed by atoms with Crippen LogP contribution >= 0.6 is 0 Å². The van der Waals surface area contributed by atoms with Crippen LogP contribution in [0.15, 0.2) is 53.5 Å². The van der Waals surface area contributed by atoms with Gasteiger partial charge in [-0.15, -0.1) is 0 Å². The standard InChI is InChI=1S/C25H33FN4O/c1-27-24(29-18-25(12-13-25)22-4-2-3-5-23(22)26)28-16-19-6-8-20(9-7-19)17-30-14-10-21(31)11-15-30/h2-9,21,31H,10-18H2,1H3,(H2,27,28,29). The van der Waals surface area contributed by atoms with Gasteiger partial charge < -0.3 is 15.7 Å². The average Bonchev–Trinajstić information content (AvgIpc) is 3.58. The zero-order valence-electron chi connectivity index (χ0n) is 18.3. The minimum absolute atomic E-state index is 0.116. The summed E-state index contributed by atoms with van der Waals surface area (Å²) in [5.41, 5.74) is 3.17. The summed E-state index contributed by atoms with van der Waals surface area (Å²) in [7, 11) is 1.76. The van der Waals surface area contributed by atoms with Crippen molar-refractivity contribution in [2.24, 2.45) is 4.99 Å². The Labute approximate surface area is 184 Å². The van der Waals surface area contributed by atoms with Gasteiger partial charge >= 0.3 is 0 Å². The van der Waals surface area contributed by atoms with E-state index < -0.39 is 0 Å². The second kappa shape index (κ2) is 9.79. The minimum atomic E-state index is -0.130. The first-order chi connectivity index (χ1) is 15.1. The highest BCUT2D eigenvalue weighted by atomic mass is 19.1. The lowest BCUT2D eigenvalue weighted by atomic mass is 9.95. The molecule has 2 aromatic carbocycles. The summed E-state index contributed by atoms with van der Waals surface area (Å²) >= 11 is 0. The molecule has 0 amide bonds. The van der Waals surface area contributed by atoms with Gasteiger partial charge in [0.25, 0.3) is 0 Å². The van der Waals surface area contributed by atoms with E-state index in [1.165, 1.54) is 11.1 Å². The monoisotopic (exact) mass is 424 g/mol. The molecule has 1 heterocycles. The third kappa shape index (κ3) is 5.63. The van der Waals surface area contributed by atoms with Gasteiger partial charge in [-0.05, 0) is 48.4 Å². The molecule has 0 unspecified atom stereocenters. The summed E-state index contributed by atoms with van der Waals surface area (Å²) in [5, 5.41) is 16.4. The number of nitrogens with zero attached hydrogens (tertiary/aromatic N) is 2. The Balaban J connectivity index is 1.25. The predicted octanol–water partition coefficient (Wildman–Crippen LogP) is 3.18. The van der Waals surface area contributed by atoms with Gasteiger partial charge in [-0.25, -0.2) is 4.39 Å². The fraction of sp³-hybridized carbons (Fsp3) is 0.480. The average molecular weight is 425 g/mol. The molecule has 31 heavy (non-hydrogen) atoms. The highest BCUT2D eigenvalue weighted by molar-refractivity contribution is 5.79. The van der Waals surface area contributed by atoms with E-state index in [2.05, 4.69) is 44.8 Å². The SMILES string of the molecule is CN=C(NCc1ccc(CN2CCC(O)CC2)cc1)NCC1(c2ccccc2F)CC1. The maximum Gasteiger partial charge on any atom is 0.191 e. The number of aliphatic hydroxyl groups is 1. The Kier molecular flexibility index (Phi) is 6.88. The van der Waals surface area contributed by atoms with Gasteiger partial charge in [0.15, 0.2) is 5.96 Å². The van der Waals surface area contributed by atoms with Gasteiger partial charge in [0.2, 0.25) is 0 Å². The van der Waals surface area contributed by atoms with Crippen LogP contribution in [0.3, 0.4) is 0 Å². The maximum absolute atomic E-state index is 14.2. The number of nitrogens with one attached hydrogen (secondary N) is 2. The third-order valence-electron chi connectivity index (χ3n) is 6.56. The molecule has 1 aliphatic heterocycles. The van der Waals surface area contributed by atoms with E-state index >= 15 is 0 Å². The Bertz CT molecular complexity index is 887. The molecule has 6 heteroatoms. The highest BCUT2D eigenvalue weighted by Gasteiger charge is 2.45. The van der Waals surface area contributed by atoms with Crippen molar-refractivity contribution in [1.29, 1.82) is 0 Å². The molecule has 0 bridgehead atoms. The smallest absolute Gasteiger partial charge is 0.191 e. The lowest BCUT2D eigenvalue weighted by Crippen LogP contribution is -2.41. The zero-order valence-corrected chi connectivity index (χ0v) is 18.3. The fourth-order valence-corrected chi connectivity index (χ4v) is 4.34. The van der Waals surface area contributed by atoms with E-state index in [0.717, 1.165) is 56.8 Å². The molecule has 4 rings (SSSR count). The van der Waals surface area contributed by atoms with Gasteiger partial charge in [0, 0.05) is 45.2 Å². The van der Waals surface area contributed by atoms with Crippen LogP contribution in [0.5, 0.6) is 0 Å². The van der Waals surface area contributed by atoms with Gasteiger partial charge in [-0.1, -0.05) is 42.5 Å². The number of guanidine groups is 1. The molecular weight excluding hydrogens is 391 g/mol. The molecule has 0 atom stereocenters. The predicted molar refractivity (Wildman–Crippen MR) is 122 cm³/mol. The van der Waals surface area contributed by atoms with Gasteiger partial charge in [-0.2, -0.15) is 0 Å². The third-order valence-corrected chi connectivity index (χ3v) is 6.56. The molecule has 2 aromatic rings. The second-order valence-corrected chi connectivity index (χ2v) is 8.86. The summed E-state index contributed by atoms with van der Waals surface area (Å²) in [6.45, 7) is 4.21. The topological polar surface area (TPSA) is 59.9 Å². The zero-order chi connectivity index (χ0) is 21.7. The molecule has 2 fully saturated rings. The Morgan fingerprint density at radius 1 is 1.06 bits per heavy atom. The number of piperidine rings is 1. The summed E-state index contributed by atoms with van der Waals surface area (Å²) in [6.07, 6.45) is 3.60. The first-order valence-corrected chi connectivity index (χ1v) is 11.3. The van der Waals surface area contributed by atoms with Crippen molar-refractivity contribution < 1.29 is 9.50 Å². The Morgan fingerprint density at radius 2 is 1.74 bits per heavy atom. The van der Waals surface area contributed by atoms with Crippen LogP contribution in [0.1, 0.15) is 42.4 Å². The molecule has 0 spiro atoms. The largest absolute Gasteiger partial charge is 0.393 e. The van der Waals surface area contributed by atoms with Gasteiger partial charge in [0.1, 0.15) is 5.82 Å². The molecular formula is C25H33FN4O. The molecule has 2 aliphatic rings. The molecule has 1 aliphatic carbocycles. The number of rotatable bonds is 7. The molecule has 0 radical (unpaired) electrons. The van der Waals surface area contributed by atoms with Crippen LogP contribution in [0, 0.1) is 5.82 Å². The van der Waals surface area contributed by atoms with Crippen molar-refractivity contribution in [2.75, 3.05) is 26.7 Å². The highest BCUT2D eigenvalue weighted by Crippen LogP contribution is 2.48. The van der Waals surface area contributed by atoms with Crippen molar-refractivity contribution in [2.45, 2.75) is 50.3 Å². The van der Waals surface area contributed by atoms with Crippen LogP contribution in [0.2, 0.25) is 0 Å². The fourth-order valence-electron chi connectivity index (χ4n) is 4.34. The lowest BCUT2D eigenvalue weighted by molar-refractivity contribution is 0.0792. The molecule has 5 nitrogen and oxygen atoms in total. The summed E-state index contributed by atoms with van der Waals surface area (Å²) in [6, 6.07) is 15.7. The number of hydrogen-bond acceptors (Lipinski definition) is 3. The number of hydrogen-bond donors (Lipinski definition) is 3. The number of aliphatic imine (C=N–C) groups is 1. The second-order valence-electron chi connectivity index (χ2n) is 8.86. The first-order valence-electron chi connectivity index (χ1n) is 11.3. The van der Waals surface area contributed by atoms with Gasteiger partial charge in [0.05, 0.1) is 6.10 Å². The molecule has 1 saturated heterocycles. The van der Waals surface area contributed by atoms with E-state index in [1.54, 1.807) is 19.2 Å². The van der Waals surface area contributed by atoms with E-state index in [0.29, 0.717) is 13.1 Å². The number of halogens is 1. The van der Waals surface area contributed by atoms with Crippen LogP contribution in [-0.2, 0) is 18.5 Å². The minimum Gasteiger partial charge on any atom is -0.393 e. The normalized spacial score (nSPS) is 19.3.